The van der Waals surface area contributed by atoms with E-state index in [-0.39, 0.29) is 29.8 Å². The molecule has 0 saturated carbocycles. The zero-order valence-corrected chi connectivity index (χ0v) is 23.4. The number of fused-ring (bicyclic) bond motifs is 1. The Labute approximate surface area is 228 Å². The first kappa shape index (κ1) is 30.9. The van der Waals surface area contributed by atoms with E-state index in [1.807, 2.05) is 43.3 Å². The average molecular weight is 548 g/mol. The summed E-state index contributed by atoms with van der Waals surface area (Å²) < 4.78 is 12.3. The lowest BCUT2D eigenvalue weighted by molar-refractivity contribution is 0.0523. The number of benzene rings is 1. The summed E-state index contributed by atoms with van der Waals surface area (Å²) in [5, 5.41) is 0.825. The number of furan rings is 1. The Morgan fingerprint density at radius 1 is 1.05 bits per heavy atom. The highest BCUT2D eigenvalue weighted by molar-refractivity contribution is 6.15. The number of esters is 1. The number of alkyl halides is 1. The maximum atomic E-state index is 13.7. The average Bonchev–Trinajstić information content (AvgIpc) is 3.45. The molecule has 3 aromatic rings. The molecule has 1 aliphatic rings. The molecule has 208 valence electrons. The lowest BCUT2D eigenvalue weighted by Crippen LogP contribution is -2.49. The molecule has 0 unspecified atom stereocenters. The standard InChI is InChI=1S/C26H32N4O5.CH3Cl.H3N/c1-4-34-26(33)22-23(28-14-16-29(17-15-28)24(31)21-11-7-18-35-21)19-9-5-6-10-20(19)30(25(22)32)13-8-12-27(2)3;1-2;/h5-7,9-11,18H,4,8,12-17H2,1-3H3;1H3;1H3. The van der Waals surface area contributed by atoms with Gasteiger partial charge in [0, 0.05) is 44.5 Å². The second-order valence-corrected chi connectivity index (χ2v) is 8.83. The number of carbonyl (C=O) groups excluding carboxylic acids is 2. The van der Waals surface area contributed by atoms with Crippen molar-refractivity contribution in [2.24, 2.45) is 0 Å². The highest BCUT2D eigenvalue weighted by Crippen LogP contribution is 2.31. The van der Waals surface area contributed by atoms with Gasteiger partial charge in [0.15, 0.2) is 5.76 Å². The summed E-state index contributed by atoms with van der Waals surface area (Å²) in [4.78, 5) is 45.3. The van der Waals surface area contributed by atoms with Crippen LogP contribution in [-0.2, 0) is 11.3 Å². The van der Waals surface area contributed by atoms with E-state index in [1.165, 1.54) is 12.6 Å². The molecule has 10 nitrogen and oxygen atoms in total. The van der Waals surface area contributed by atoms with E-state index in [0.717, 1.165) is 23.9 Å². The lowest BCUT2D eigenvalue weighted by atomic mass is 10.1. The first-order valence-corrected chi connectivity index (χ1v) is 13.1. The van der Waals surface area contributed by atoms with Crippen LogP contribution in [0.25, 0.3) is 10.9 Å². The highest BCUT2D eigenvalue weighted by Gasteiger charge is 2.30. The zero-order valence-electron chi connectivity index (χ0n) is 22.6. The van der Waals surface area contributed by atoms with Crippen LogP contribution in [-0.4, -0.2) is 86.1 Å². The van der Waals surface area contributed by atoms with Crippen molar-refractivity contribution < 1.29 is 18.7 Å². The lowest BCUT2D eigenvalue weighted by Gasteiger charge is -2.37. The summed E-state index contributed by atoms with van der Waals surface area (Å²) in [6.07, 6.45) is 3.72. The number of hydrogen-bond donors (Lipinski definition) is 1. The molecule has 2 aromatic heterocycles. The highest BCUT2D eigenvalue weighted by atomic mass is 35.5. The number of nitrogens with zero attached hydrogens (tertiary/aromatic N) is 4. The first-order valence-electron chi connectivity index (χ1n) is 12.3. The number of halogens is 1. The predicted octanol–water partition coefficient (Wildman–Crippen LogP) is 3.70. The summed E-state index contributed by atoms with van der Waals surface area (Å²) in [7, 11) is 3.98. The van der Waals surface area contributed by atoms with E-state index < -0.39 is 5.97 Å². The molecule has 3 N–H and O–H groups in total. The van der Waals surface area contributed by atoms with Crippen LogP contribution >= 0.6 is 11.6 Å². The summed E-state index contributed by atoms with van der Waals surface area (Å²) in [5.41, 5.74) is 1.08. The third-order valence-corrected chi connectivity index (χ3v) is 6.23. The van der Waals surface area contributed by atoms with E-state index in [1.54, 1.807) is 28.5 Å². The van der Waals surface area contributed by atoms with Gasteiger partial charge in [-0.15, -0.1) is 11.6 Å². The molecule has 1 amide bonds. The van der Waals surface area contributed by atoms with Gasteiger partial charge in [-0.05, 0) is 52.2 Å². The normalized spacial score (nSPS) is 13.1. The molecule has 1 aliphatic heterocycles. The second-order valence-electron chi connectivity index (χ2n) is 8.83. The van der Waals surface area contributed by atoms with Crippen LogP contribution in [0.1, 0.15) is 34.3 Å². The number of aryl methyl sites for hydroxylation is 1. The van der Waals surface area contributed by atoms with Gasteiger partial charge in [-0.1, -0.05) is 18.2 Å². The predicted molar refractivity (Wildman–Crippen MR) is 151 cm³/mol. The Hall–Kier alpha value is -3.34. The molecule has 38 heavy (non-hydrogen) atoms. The molecule has 1 fully saturated rings. The molecule has 0 aliphatic carbocycles. The minimum absolute atomic E-state index is 0. The number of anilines is 1. The first-order chi connectivity index (χ1) is 17.9. The van der Waals surface area contributed by atoms with Crippen LogP contribution in [0, 0.1) is 0 Å². The van der Waals surface area contributed by atoms with Crippen LogP contribution in [0.4, 0.5) is 5.69 Å². The molecular weight excluding hydrogens is 510 g/mol. The third-order valence-electron chi connectivity index (χ3n) is 6.23. The maximum absolute atomic E-state index is 13.7. The molecule has 4 rings (SSSR count). The monoisotopic (exact) mass is 547 g/mol. The smallest absolute Gasteiger partial charge is 0.345 e. The van der Waals surface area contributed by atoms with E-state index in [4.69, 9.17) is 9.15 Å². The molecule has 0 radical (unpaired) electrons. The number of ether oxygens (including phenoxy) is 1. The fourth-order valence-corrected chi connectivity index (χ4v) is 4.56. The van der Waals surface area contributed by atoms with E-state index in [2.05, 4.69) is 16.5 Å². The van der Waals surface area contributed by atoms with Gasteiger partial charge in [0.1, 0.15) is 5.56 Å². The van der Waals surface area contributed by atoms with Crippen LogP contribution in [0.5, 0.6) is 0 Å². The molecule has 1 aromatic carbocycles. The maximum Gasteiger partial charge on any atom is 0.345 e. The number of amides is 1. The van der Waals surface area contributed by atoms with Gasteiger partial charge in [0.25, 0.3) is 11.5 Å². The van der Waals surface area contributed by atoms with Crippen LogP contribution in [0.15, 0.2) is 51.9 Å². The van der Waals surface area contributed by atoms with Gasteiger partial charge < -0.3 is 34.6 Å². The summed E-state index contributed by atoms with van der Waals surface area (Å²) >= 11 is 4.64. The van der Waals surface area contributed by atoms with E-state index in [0.29, 0.717) is 44.2 Å². The van der Waals surface area contributed by atoms with Crippen molar-refractivity contribution in [2.75, 3.05) is 64.7 Å². The topological polar surface area (TPSA) is 123 Å². The Kier molecular flexibility index (Phi) is 11.8. The van der Waals surface area contributed by atoms with Gasteiger partial charge in [-0.2, -0.15) is 0 Å². The van der Waals surface area contributed by atoms with Gasteiger partial charge in [-0.3, -0.25) is 9.59 Å². The van der Waals surface area contributed by atoms with E-state index in [9.17, 15) is 14.4 Å². The second kappa shape index (κ2) is 14.6. The number of pyridine rings is 1. The van der Waals surface area contributed by atoms with Crippen molar-refractivity contribution in [3.8, 4) is 0 Å². The van der Waals surface area contributed by atoms with Crippen LogP contribution in [0.3, 0.4) is 0 Å². The zero-order chi connectivity index (χ0) is 26.9. The van der Waals surface area contributed by atoms with E-state index >= 15 is 0 Å². The quantitative estimate of drug-likeness (QED) is 0.334. The Morgan fingerprint density at radius 3 is 2.34 bits per heavy atom. The van der Waals surface area contributed by atoms with Crippen molar-refractivity contribution in [2.45, 2.75) is 19.9 Å². The molecule has 0 atom stereocenters. The van der Waals surface area contributed by atoms with Crippen molar-refractivity contribution in [3.05, 3.63) is 64.3 Å². The number of carbonyl (C=O) groups is 2. The molecule has 11 heteroatoms. The number of hydrogen-bond acceptors (Lipinski definition) is 8. The SMILES string of the molecule is CCOC(=O)c1c(N2CCN(C(=O)c3ccco3)CC2)c2ccccc2n(CCCN(C)C)c1=O.CCl.N. The van der Waals surface area contributed by atoms with Gasteiger partial charge in [-0.25, -0.2) is 4.79 Å². The molecule has 1 saturated heterocycles. The van der Waals surface area contributed by atoms with Crippen LogP contribution < -0.4 is 16.6 Å². The largest absolute Gasteiger partial charge is 0.462 e. The minimum Gasteiger partial charge on any atom is -0.462 e. The Balaban J connectivity index is 0.00000165. The van der Waals surface area contributed by atoms with Crippen LogP contribution in [0.2, 0.25) is 0 Å². The van der Waals surface area contributed by atoms with Gasteiger partial charge >= 0.3 is 5.97 Å². The number of para-hydroxylation sites is 1. The number of piperazine rings is 1. The third kappa shape index (κ3) is 6.75. The van der Waals surface area contributed by atoms with Crippen molar-refractivity contribution in [1.82, 2.24) is 20.5 Å². The number of aromatic nitrogens is 1. The Morgan fingerprint density at radius 2 is 1.74 bits per heavy atom. The Bertz CT molecular complexity index is 1250. The molecule has 0 spiro atoms. The van der Waals surface area contributed by atoms with Crippen molar-refractivity contribution in [3.63, 3.8) is 0 Å². The summed E-state index contributed by atoms with van der Waals surface area (Å²) in [6, 6.07) is 11.0. The molecule has 0 bridgehead atoms. The van der Waals surface area contributed by atoms with Crippen molar-refractivity contribution in [1.29, 1.82) is 0 Å². The fraction of sp³-hybridized carbons (Fsp3) is 0.444. The molecule has 3 heterocycles. The minimum atomic E-state index is -0.617. The van der Waals surface area contributed by atoms with Gasteiger partial charge in [0.2, 0.25) is 0 Å². The summed E-state index contributed by atoms with van der Waals surface area (Å²) in [5.74, 6) is -0.480. The van der Waals surface area contributed by atoms with Crippen molar-refractivity contribution >= 4 is 40.1 Å². The van der Waals surface area contributed by atoms with Gasteiger partial charge in [0.05, 0.1) is 24.1 Å². The summed E-state index contributed by atoms with van der Waals surface area (Å²) in [6.45, 7) is 5.08. The molecular formula is C27H38ClN5O5. The fourth-order valence-electron chi connectivity index (χ4n) is 4.56. The number of rotatable bonds is 8.